The number of pyridine rings is 2. The maximum Gasteiger partial charge on any atom is 0.213 e. The van der Waals surface area contributed by atoms with Crippen molar-refractivity contribution in [2.24, 2.45) is 0 Å². The average molecular weight is 256 g/mol. The highest BCUT2D eigenvalue weighted by molar-refractivity contribution is 6.08. The molecule has 0 aliphatic heterocycles. The number of aromatic nitrogens is 2. The van der Waals surface area contributed by atoms with E-state index >= 15 is 0 Å². The molecule has 0 bridgehead atoms. The summed E-state index contributed by atoms with van der Waals surface area (Å²) in [6.07, 6.45) is 4.82. The third kappa shape index (κ3) is 2.96. The number of carbonyl (C=O) groups is 1. The van der Waals surface area contributed by atoms with Gasteiger partial charge in [-0.05, 0) is 38.0 Å². The third-order valence-corrected chi connectivity index (χ3v) is 2.72. The van der Waals surface area contributed by atoms with Crippen LogP contribution in [0.5, 0.6) is 5.75 Å². The molecule has 2 rings (SSSR count). The van der Waals surface area contributed by atoms with Gasteiger partial charge in [0.2, 0.25) is 5.78 Å². The smallest absolute Gasteiger partial charge is 0.213 e. The summed E-state index contributed by atoms with van der Waals surface area (Å²) in [5.74, 6) is 0.463. The van der Waals surface area contributed by atoms with Crippen LogP contribution in [0, 0.1) is 13.8 Å². The molecule has 19 heavy (non-hydrogen) atoms. The van der Waals surface area contributed by atoms with Crippen molar-refractivity contribution in [2.45, 2.75) is 20.8 Å². The lowest BCUT2D eigenvalue weighted by Crippen LogP contribution is -2.07. The van der Waals surface area contributed by atoms with Gasteiger partial charge >= 0.3 is 0 Å². The fourth-order valence-electron chi connectivity index (χ4n) is 1.88. The summed E-state index contributed by atoms with van der Waals surface area (Å²) >= 11 is 0. The van der Waals surface area contributed by atoms with E-state index in [9.17, 15) is 4.79 Å². The first-order valence-electron chi connectivity index (χ1n) is 6.17. The fourth-order valence-corrected chi connectivity index (χ4v) is 1.88. The lowest BCUT2D eigenvalue weighted by Gasteiger charge is -2.07. The van der Waals surface area contributed by atoms with Crippen LogP contribution in [-0.2, 0) is 0 Å². The third-order valence-electron chi connectivity index (χ3n) is 2.72. The van der Waals surface area contributed by atoms with Crippen molar-refractivity contribution in [2.75, 3.05) is 6.61 Å². The molecule has 0 amide bonds. The maximum absolute atomic E-state index is 12.4. The number of ether oxygens (including phenoxy) is 1. The van der Waals surface area contributed by atoms with Crippen LogP contribution in [-0.4, -0.2) is 22.4 Å². The van der Waals surface area contributed by atoms with Crippen LogP contribution in [0.1, 0.15) is 34.1 Å². The van der Waals surface area contributed by atoms with Gasteiger partial charge < -0.3 is 4.74 Å². The van der Waals surface area contributed by atoms with Crippen LogP contribution in [0.2, 0.25) is 0 Å². The Bertz CT molecular complexity index is 609. The molecule has 2 aromatic heterocycles. The van der Waals surface area contributed by atoms with Gasteiger partial charge in [0.05, 0.1) is 12.8 Å². The summed E-state index contributed by atoms with van der Waals surface area (Å²) < 4.78 is 5.35. The summed E-state index contributed by atoms with van der Waals surface area (Å²) in [7, 11) is 0. The standard InChI is InChI=1S/C15H16N2O2/c1-4-19-13-6-12(8-16-9-13)15(18)14-11(3)5-10(2)7-17-14/h5-9H,4H2,1-3H3. The van der Waals surface area contributed by atoms with E-state index in [0.717, 1.165) is 11.1 Å². The SMILES string of the molecule is CCOc1cncc(C(=O)c2ncc(C)cc2C)c1. The van der Waals surface area contributed by atoms with Gasteiger partial charge in [-0.25, -0.2) is 0 Å². The Morgan fingerprint density at radius 3 is 2.68 bits per heavy atom. The van der Waals surface area contributed by atoms with Crippen LogP contribution in [0.3, 0.4) is 0 Å². The summed E-state index contributed by atoms with van der Waals surface area (Å²) in [6, 6.07) is 3.64. The van der Waals surface area contributed by atoms with Gasteiger partial charge in [-0.1, -0.05) is 6.07 Å². The molecule has 4 nitrogen and oxygen atoms in total. The lowest BCUT2D eigenvalue weighted by molar-refractivity contribution is 0.103. The molecular weight excluding hydrogens is 240 g/mol. The molecule has 0 fully saturated rings. The molecule has 0 aliphatic carbocycles. The summed E-state index contributed by atoms with van der Waals surface area (Å²) in [4.78, 5) is 20.6. The molecule has 0 saturated carbocycles. The molecule has 0 aliphatic rings. The van der Waals surface area contributed by atoms with Crippen LogP contribution in [0.4, 0.5) is 0 Å². The van der Waals surface area contributed by atoms with Crippen LogP contribution < -0.4 is 4.74 Å². The van der Waals surface area contributed by atoms with E-state index in [-0.39, 0.29) is 5.78 Å². The molecular formula is C15H16N2O2. The molecule has 0 saturated heterocycles. The predicted molar refractivity (Wildman–Crippen MR) is 72.5 cm³/mol. The molecule has 0 unspecified atom stereocenters. The van der Waals surface area contributed by atoms with E-state index < -0.39 is 0 Å². The zero-order chi connectivity index (χ0) is 13.8. The molecule has 0 radical (unpaired) electrons. The largest absolute Gasteiger partial charge is 0.492 e. The first kappa shape index (κ1) is 13.2. The van der Waals surface area contributed by atoms with Crippen molar-refractivity contribution in [3.63, 3.8) is 0 Å². The number of carbonyl (C=O) groups excluding carboxylic acids is 1. The van der Waals surface area contributed by atoms with Crippen molar-refractivity contribution in [3.8, 4) is 5.75 Å². The topological polar surface area (TPSA) is 52.1 Å². The van der Waals surface area contributed by atoms with Crippen LogP contribution >= 0.6 is 0 Å². The minimum atomic E-state index is -0.133. The van der Waals surface area contributed by atoms with Gasteiger partial charge in [-0.3, -0.25) is 14.8 Å². The van der Waals surface area contributed by atoms with E-state index in [1.165, 1.54) is 6.20 Å². The Kier molecular flexibility index (Phi) is 3.90. The second kappa shape index (κ2) is 5.61. The zero-order valence-electron chi connectivity index (χ0n) is 11.3. The molecule has 2 heterocycles. The van der Waals surface area contributed by atoms with Gasteiger partial charge in [0.25, 0.3) is 0 Å². The van der Waals surface area contributed by atoms with E-state index in [2.05, 4.69) is 9.97 Å². The number of hydrogen-bond acceptors (Lipinski definition) is 4. The van der Waals surface area contributed by atoms with Gasteiger partial charge in [-0.15, -0.1) is 0 Å². The zero-order valence-corrected chi connectivity index (χ0v) is 11.3. The van der Waals surface area contributed by atoms with Crippen molar-refractivity contribution in [1.82, 2.24) is 9.97 Å². The van der Waals surface area contributed by atoms with E-state index in [4.69, 9.17) is 4.74 Å². The second-order valence-corrected chi connectivity index (χ2v) is 4.35. The number of rotatable bonds is 4. The van der Waals surface area contributed by atoms with E-state index in [1.54, 1.807) is 18.5 Å². The van der Waals surface area contributed by atoms with Crippen molar-refractivity contribution >= 4 is 5.78 Å². The highest BCUT2D eigenvalue weighted by Gasteiger charge is 2.14. The Morgan fingerprint density at radius 2 is 2.00 bits per heavy atom. The summed E-state index contributed by atoms with van der Waals surface area (Å²) in [5, 5.41) is 0. The quantitative estimate of drug-likeness (QED) is 0.789. The van der Waals surface area contributed by atoms with Crippen LogP contribution in [0.25, 0.3) is 0 Å². The lowest BCUT2D eigenvalue weighted by atomic mass is 10.0. The van der Waals surface area contributed by atoms with Crippen molar-refractivity contribution in [3.05, 3.63) is 53.1 Å². The number of ketones is 1. The van der Waals surface area contributed by atoms with Gasteiger partial charge in [-0.2, -0.15) is 0 Å². The Labute approximate surface area is 112 Å². The molecule has 4 heteroatoms. The molecule has 98 valence electrons. The van der Waals surface area contributed by atoms with Crippen LogP contribution in [0.15, 0.2) is 30.7 Å². The highest BCUT2D eigenvalue weighted by Crippen LogP contribution is 2.16. The minimum absolute atomic E-state index is 0.133. The number of nitrogens with zero attached hydrogens (tertiary/aromatic N) is 2. The van der Waals surface area contributed by atoms with E-state index in [1.807, 2.05) is 26.8 Å². The second-order valence-electron chi connectivity index (χ2n) is 4.35. The Morgan fingerprint density at radius 1 is 1.21 bits per heavy atom. The monoisotopic (exact) mass is 256 g/mol. The summed E-state index contributed by atoms with van der Waals surface area (Å²) in [6.45, 7) is 6.26. The normalized spacial score (nSPS) is 10.3. The van der Waals surface area contributed by atoms with Crippen molar-refractivity contribution < 1.29 is 9.53 Å². The molecule has 0 N–H and O–H groups in total. The molecule has 0 atom stereocenters. The Hall–Kier alpha value is -2.23. The first-order valence-corrected chi connectivity index (χ1v) is 6.17. The first-order chi connectivity index (χ1) is 9.11. The average Bonchev–Trinajstić information content (AvgIpc) is 2.39. The Balaban J connectivity index is 2.35. The highest BCUT2D eigenvalue weighted by atomic mass is 16.5. The fraction of sp³-hybridized carbons (Fsp3) is 0.267. The predicted octanol–water partition coefficient (Wildman–Crippen LogP) is 2.72. The summed E-state index contributed by atoms with van der Waals surface area (Å²) in [5.41, 5.74) is 2.86. The number of aryl methyl sites for hydroxylation is 2. The van der Waals surface area contributed by atoms with Crippen molar-refractivity contribution in [1.29, 1.82) is 0 Å². The minimum Gasteiger partial charge on any atom is -0.492 e. The van der Waals surface area contributed by atoms with Gasteiger partial charge in [0, 0.05) is 18.0 Å². The molecule has 2 aromatic rings. The van der Waals surface area contributed by atoms with E-state index in [0.29, 0.717) is 23.6 Å². The molecule has 0 aromatic carbocycles. The maximum atomic E-state index is 12.4. The molecule has 0 spiro atoms. The number of hydrogen-bond donors (Lipinski definition) is 0. The van der Waals surface area contributed by atoms with Gasteiger partial charge in [0.15, 0.2) is 0 Å². The van der Waals surface area contributed by atoms with Gasteiger partial charge in [0.1, 0.15) is 11.4 Å².